The second-order valence-corrected chi connectivity index (χ2v) is 25.0. The summed E-state index contributed by atoms with van der Waals surface area (Å²) in [6, 6.07) is 23.9. The van der Waals surface area contributed by atoms with E-state index in [1.54, 1.807) is 48.3 Å². The van der Waals surface area contributed by atoms with Crippen LogP contribution < -0.4 is 41.3 Å². The molecule has 0 spiro atoms. The van der Waals surface area contributed by atoms with Crippen molar-refractivity contribution in [1.82, 2.24) is 34.8 Å². The predicted octanol–water partition coefficient (Wildman–Crippen LogP) is 10.9. The van der Waals surface area contributed by atoms with Gasteiger partial charge in [0.05, 0.1) is 70.9 Å². The van der Waals surface area contributed by atoms with Crippen molar-refractivity contribution in [2.24, 2.45) is 10.2 Å². The summed E-state index contributed by atoms with van der Waals surface area (Å²) in [7, 11) is -6.63. The number of benzene rings is 7. The molecular formula is C52H48Cl2N16O18S5. The summed E-state index contributed by atoms with van der Waals surface area (Å²) in [5, 5.41) is 67.7. The van der Waals surface area contributed by atoms with Crippen LogP contribution in [0.4, 0.5) is 63.6 Å². The van der Waals surface area contributed by atoms with Crippen molar-refractivity contribution in [1.29, 1.82) is 0 Å². The predicted molar refractivity (Wildman–Crippen MR) is 342 cm³/mol. The van der Waals surface area contributed by atoms with Crippen molar-refractivity contribution >= 4 is 181 Å². The number of ether oxygens (including phenoxy) is 1. The molecule has 1 amide bonds. The molecule has 3 heterocycles. The number of hydrazine groups is 1. The van der Waals surface area contributed by atoms with Gasteiger partial charge in [-0.3, -0.25) is 24.2 Å². The average molecular weight is 1420 g/mol. The summed E-state index contributed by atoms with van der Waals surface area (Å²) in [5.74, 6) is 0.00468. The van der Waals surface area contributed by atoms with Gasteiger partial charge in [0.2, 0.25) is 40.3 Å². The van der Waals surface area contributed by atoms with Gasteiger partial charge in [-0.2, -0.15) is 46.7 Å². The van der Waals surface area contributed by atoms with E-state index in [2.05, 4.69) is 95.6 Å². The zero-order valence-electron chi connectivity index (χ0n) is 47.8. The lowest BCUT2D eigenvalue weighted by Crippen LogP contribution is -2.48. The van der Waals surface area contributed by atoms with Gasteiger partial charge >= 0.3 is 0 Å². The maximum Gasteiger partial charge on any atom is 0.297 e. The highest BCUT2D eigenvalue weighted by molar-refractivity contribution is 7.95. The van der Waals surface area contributed by atoms with Gasteiger partial charge in [-0.1, -0.05) is 45.4 Å². The van der Waals surface area contributed by atoms with E-state index in [0.717, 1.165) is 0 Å². The number of anilines is 9. The third-order valence-electron chi connectivity index (χ3n) is 13.6. The molecule has 0 aliphatic carbocycles. The number of hydrogen-bond acceptors (Lipinski definition) is 34. The lowest BCUT2D eigenvalue weighted by atomic mass is 10.1. The Morgan fingerprint density at radius 2 is 1.34 bits per heavy atom. The number of carbonyl (C=O) groups is 1. The third-order valence-corrected chi connectivity index (χ3v) is 17.8. The maximum atomic E-state index is 12.8. The molecule has 2 aromatic heterocycles. The number of azo groups is 1. The zero-order valence-corrected chi connectivity index (χ0v) is 53.4. The van der Waals surface area contributed by atoms with Crippen LogP contribution in [0.15, 0.2) is 132 Å². The van der Waals surface area contributed by atoms with Crippen LogP contribution in [0.25, 0.3) is 32.3 Å². The molecule has 488 valence electrons. The van der Waals surface area contributed by atoms with E-state index in [1.165, 1.54) is 74.7 Å². The van der Waals surface area contributed by atoms with Crippen LogP contribution in [-0.4, -0.2) is 141 Å². The fourth-order valence-electron chi connectivity index (χ4n) is 9.58. The van der Waals surface area contributed by atoms with Crippen LogP contribution in [0.2, 0.25) is 10.6 Å². The van der Waals surface area contributed by atoms with Gasteiger partial charge in [0.15, 0.2) is 5.75 Å². The molecule has 7 aromatic carbocycles. The molecule has 93 heavy (non-hydrogen) atoms. The maximum absolute atomic E-state index is 12.8. The summed E-state index contributed by atoms with van der Waals surface area (Å²) >= 11 is 14.5. The molecular weight excluding hydrogens is 1370 g/mol. The van der Waals surface area contributed by atoms with Gasteiger partial charge in [-0.15, -0.1) is 23.2 Å². The van der Waals surface area contributed by atoms with Crippen molar-refractivity contribution in [3.63, 3.8) is 0 Å². The topological polar surface area (TPSA) is 443 Å². The van der Waals surface area contributed by atoms with E-state index in [1.807, 2.05) is 4.90 Å². The number of aromatic nitrogens is 6. The van der Waals surface area contributed by atoms with E-state index in [4.69, 9.17) is 48.0 Å². The fourth-order valence-corrected chi connectivity index (χ4v) is 13.0. The average Bonchev–Trinajstić information content (AvgIpc) is 0.791. The molecule has 0 atom stereocenters. The first kappa shape index (κ1) is 67.7. The molecule has 9 aromatic rings. The van der Waals surface area contributed by atoms with Crippen molar-refractivity contribution in [2.75, 3.05) is 90.0 Å². The Balaban J connectivity index is 0.783. The van der Waals surface area contributed by atoms with Gasteiger partial charge in [0, 0.05) is 96.3 Å². The Kier molecular flexibility index (Phi) is 21.7. The number of nitrogens with one attached hydrogen (secondary N) is 5. The minimum Gasteiger partial charge on any atom is -0.505 e. The van der Waals surface area contributed by atoms with Crippen molar-refractivity contribution in [3.05, 3.63) is 108 Å². The van der Waals surface area contributed by atoms with Crippen LogP contribution in [0.1, 0.15) is 6.92 Å². The van der Waals surface area contributed by atoms with Crippen LogP contribution in [0.5, 0.6) is 11.5 Å². The molecule has 34 nitrogen and oxygen atoms in total. The number of carbonyl (C=O) groups excluding carboxylic acids is 1. The SMILES string of the molecule is COc1cc(NNc2cc(S(=O)(=O)O)c3cccc(SOOO)c3c2)c(NC(C)=O)cc1Nc1nc(Cl)nc(N2CCN(CCNc3nc(Cl)nc(N(C)c4ccc5c(O)c(N=Nc6ccc7c(SOOO)cccc7c6S(=O)(=O)O)c(SOOO)cc5c4)n3)CC2)n1. The Morgan fingerprint density at radius 3 is 2.02 bits per heavy atom. The van der Waals surface area contributed by atoms with Crippen molar-refractivity contribution in [3.8, 4) is 11.5 Å². The van der Waals surface area contributed by atoms with Crippen LogP contribution in [-0.2, 0) is 53.1 Å². The summed E-state index contributed by atoms with van der Waals surface area (Å²) in [4.78, 5) is 44.4. The molecule has 10 rings (SSSR count). The molecule has 41 heteroatoms. The number of halogens is 2. The zero-order chi connectivity index (χ0) is 66.1. The molecule has 1 aliphatic heterocycles. The van der Waals surface area contributed by atoms with Gasteiger partial charge in [0.1, 0.15) is 26.9 Å². The number of amides is 1. The molecule has 11 N–H and O–H groups in total. The minimum absolute atomic E-state index is 0.0158. The van der Waals surface area contributed by atoms with Crippen LogP contribution >= 0.6 is 59.3 Å². The molecule has 0 unspecified atom stereocenters. The lowest BCUT2D eigenvalue weighted by molar-refractivity contribution is -0.432. The number of methoxy groups -OCH3 is 1. The van der Waals surface area contributed by atoms with Gasteiger partial charge in [0.25, 0.3) is 20.2 Å². The monoisotopic (exact) mass is 1410 g/mol. The first-order valence-corrected chi connectivity index (χ1v) is 32.3. The largest absolute Gasteiger partial charge is 0.505 e. The fraction of sp³-hybridized carbons (Fsp3) is 0.173. The first-order valence-electron chi connectivity index (χ1n) is 26.4. The standard InChI is InChI=1S/C52H48Cl2N16O18S5/c1-26(71)56-36-24-38(39(82-3)25-37(36)66-64-28-22-34-32(43(23-28)92(76,77)78)6-4-9-41(34)90-87-84-74)57-50-59-48(54)61-52(63-50)70-18-16-69(17-19-70)15-14-55-49-58-47(53)60-51(62-49)68(2)29-10-11-30-27(20-29)21-42(91-88-85-75)44(45(30)72)67-65-35-13-12-31-33(46(35)93(79,80)81)7-5-8-40(31)89-86-83-73/h4-13,20-25,64,66,72-75H,14-19H2,1-3H3,(H,56,71)(H,76,77,78)(H,79,80,81)(H,55,58,60,62)(H,57,59,61,63). The number of phenols is 1. The summed E-state index contributed by atoms with van der Waals surface area (Å²) in [6.07, 6.45) is 0. The molecule has 0 saturated carbocycles. The van der Waals surface area contributed by atoms with Crippen molar-refractivity contribution < 1.29 is 84.5 Å². The number of hydrogen-bond donors (Lipinski definition) is 11. The van der Waals surface area contributed by atoms with E-state index in [9.17, 15) is 35.8 Å². The normalized spacial score (nSPS) is 13.1. The molecule has 1 aliphatic rings. The highest BCUT2D eigenvalue weighted by Crippen LogP contribution is 2.47. The van der Waals surface area contributed by atoms with Crippen LogP contribution in [0, 0.1) is 0 Å². The Hall–Kier alpha value is -8.14. The number of rotatable bonds is 27. The third kappa shape index (κ3) is 16.3. The Bertz CT molecular complexity index is 4580. The van der Waals surface area contributed by atoms with Crippen molar-refractivity contribution in [2.45, 2.75) is 31.4 Å². The minimum atomic E-state index is -4.96. The van der Waals surface area contributed by atoms with E-state index in [-0.39, 0.29) is 95.0 Å². The quantitative estimate of drug-likeness (QED) is 0.00749. The number of piperazine rings is 1. The smallest absolute Gasteiger partial charge is 0.297 e. The Labute approximate surface area is 548 Å². The molecule has 1 saturated heterocycles. The lowest BCUT2D eigenvalue weighted by Gasteiger charge is -2.34. The van der Waals surface area contributed by atoms with Crippen LogP contribution in [0.3, 0.4) is 0 Å². The number of nitrogens with zero attached hydrogens (tertiary/aromatic N) is 11. The molecule has 1 fully saturated rings. The van der Waals surface area contributed by atoms with E-state index in [0.29, 0.717) is 107 Å². The number of fused-ring (bicyclic) bond motifs is 3. The Morgan fingerprint density at radius 1 is 0.677 bits per heavy atom. The number of aromatic hydroxyl groups is 1. The highest BCUT2D eigenvalue weighted by Gasteiger charge is 2.26. The second-order valence-electron chi connectivity index (χ2n) is 19.3. The molecule has 0 bridgehead atoms. The van der Waals surface area contributed by atoms with Gasteiger partial charge in [-0.25, -0.2) is 15.8 Å². The highest BCUT2D eigenvalue weighted by atomic mass is 35.5. The molecule has 0 radical (unpaired) electrons. The van der Waals surface area contributed by atoms with Gasteiger partial charge < -0.3 is 41.0 Å². The van der Waals surface area contributed by atoms with Gasteiger partial charge in [-0.05, 0) is 94.6 Å². The summed E-state index contributed by atoms with van der Waals surface area (Å²) < 4.78 is 90.6. The van der Waals surface area contributed by atoms with E-state index < -0.39 is 41.7 Å². The summed E-state index contributed by atoms with van der Waals surface area (Å²) in [5.41, 5.74) is 6.72. The first-order chi connectivity index (χ1) is 44.6. The number of phenolic OH excluding ortho intramolecular Hbond substituents is 1. The second kappa shape index (κ2) is 29.9. The van der Waals surface area contributed by atoms with E-state index >= 15 is 0 Å². The summed E-state index contributed by atoms with van der Waals surface area (Å²) in [6.45, 7) is 4.40.